The Bertz CT molecular complexity index is 464. The maximum atomic E-state index is 12.3. The topological polar surface area (TPSA) is 107 Å². The second-order valence-corrected chi connectivity index (χ2v) is 5.96. The van der Waals surface area contributed by atoms with E-state index in [1.54, 1.807) is 0 Å². The van der Waals surface area contributed by atoms with Crippen molar-refractivity contribution in [2.45, 2.75) is 51.2 Å². The summed E-state index contributed by atoms with van der Waals surface area (Å²) in [5, 5.41) is 6.22. The largest absolute Gasteiger partial charge is 0.467 e. The molecular weight excluding hydrogens is 274 g/mol. The number of carbonyl (C=O) groups excluding carboxylic acids is 2. The zero-order valence-corrected chi connectivity index (χ0v) is 13.2. The van der Waals surface area contributed by atoms with Crippen LogP contribution >= 0.6 is 0 Å². The van der Waals surface area contributed by atoms with Crippen LogP contribution in [0, 0.1) is 0 Å². The highest BCUT2D eigenvalue weighted by Gasteiger charge is 2.52. The number of ether oxygens (including phenoxy) is 1. The molecule has 1 aliphatic rings. The third-order valence-corrected chi connectivity index (χ3v) is 4.19. The molecule has 0 aromatic carbocycles. The van der Waals surface area contributed by atoms with Gasteiger partial charge in [-0.15, -0.1) is 0 Å². The van der Waals surface area contributed by atoms with E-state index in [-0.39, 0.29) is 5.54 Å². The molecule has 1 amide bonds. The minimum atomic E-state index is -1.15. The highest BCUT2D eigenvalue weighted by molar-refractivity contribution is 5.92. The van der Waals surface area contributed by atoms with E-state index in [2.05, 4.69) is 45.8 Å². The molecule has 0 radical (unpaired) electrons. The first-order chi connectivity index (χ1) is 9.72. The van der Waals surface area contributed by atoms with Crippen molar-refractivity contribution in [3.05, 3.63) is 10.4 Å². The van der Waals surface area contributed by atoms with Gasteiger partial charge in [0, 0.05) is 23.5 Å². The molecule has 0 saturated carbocycles. The van der Waals surface area contributed by atoms with Gasteiger partial charge in [-0.3, -0.25) is 9.69 Å². The Balaban J connectivity index is 2.79. The summed E-state index contributed by atoms with van der Waals surface area (Å²) in [7, 11) is 1.25. The van der Waals surface area contributed by atoms with Crippen LogP contribution in [0.4, 0.5) is 0 Å². The number of hydrogen-bond donors (Lipinski definition) is 1. The fraction of sp³-hybridized carbons (Fsp3) is 0.846. The molecule has 0 bridgehead atoms. The van der Waals surface area contributed by atoms with Gasteiger partial charge >= 0.3 is 5.97 Å². The van der Waals surface area contributed by atoms with Gasteiger partial charge in [0.2, 0.25) is 5.91 Å². The lowest BCUT2D eigenvalue weighted by atomic mass is 9.83. The van der Waals surface area contributed by atoms with E-state index in [0.29, 0.717) is 13.1 Å². The Morgan fingerprint density at radius 2 is 2.10 bits per heavy atom. The molecule has 1 N–H and O–H groups in total. The molecule has 118 valence electrons. The Kier molecular flexibility index (Phi) is 5.20. The van der Waals surface area contributed by atoms with Crippen molar-refractivity contribution in [1.29, 1.82) is 0 Å². The third-order valence-electron chi connectivity index (χ3n) is 4.19. The summed E-state index contributed by atoms with van der Waals surface area (Å²) >= 11 is 0. The van der Waals surface area contributed by atoms with Crippen molar-refractivity contribution in [3.8, 4) is 0 Å². The lowest BCUT2D eigenvalue weighted by molar-refractivity contribution is -0.147. The van der Waals surface area contributed by atoms with Crippen LogP contribution in [0.3, 0.4) is 0 Å². The highest BCUT2D eigenvalue weighted by Crippen LogP contribution is 2.34. The molecule has 1 saturated heterocycles. The van der Waals surface area contributed by atoms with Gasteiger partial charge in [-0.2, -0.15) is 0 Å². The van der Waals surface area contributed by atoms with Gasteiger partial charge in [0.1, 0.15) is 6.04 Å². The van der Waals surface area contributed by atoms with Crippen LogP contribution in [0.15, 0.2) is 5.11 Å². The summed E-state index contributed by atoms with van der Waals surface area (Å²) in [6, 6.07) is -0.776. The number of esters is 1. The van der Waals surface area contributed by atoms with Crippen molar-refractivity contribution in [2.24, 2.45) is 5.11 Å². The van der Waals surface area contributed by atoms with Crippen LogP contribution in [0.25, 0.3) is 10.4 Å². The number of rotatable bonds is 6. The molecule has 1 fully saturated rings. The van der Waals surface area contributed by atoms with Crippen molar-refractivity contribution >= 4 is 11.9 Å². The first-order valence-electron chi connectivity index (χ1n) is 6.92. The van der Waals surface area contributed by atoms with E-state index in [0.717, 1.165) is 6.42 Å². The minimum absolute atomic E-state index is 0.0667. The van der Waals surface area contributed by atoms with E-state index in [1.807, 2.05) is 0 Å². The summed E-state index contributed by atoms with van der Waals surface area (Å²) in [5.74, 6) is -0.981. The quantitative estimate of drug-likeness (QED) is 0.344. The van der Waals surface area contributed by atoms with E-state index in [4.69, 9.17) is 5.53 Å². The summed E-state index contributed by atoms with van der Waals surface area (Å²) in [4.78, 5) is 28.6. The van der Waals surface area contributed by atoms with Crippen LogP contribution in [0.2, 0.25) is 0 Å². The number of nitrogens with one attached hydrogen (secondary N) is 1. The Morgan fingerprint density at radius 3 is 2.52 bits per heavy atom. The van der Waals surface area contributed by atoms with Gasteiger partial charge in [-0.1, -0.05) is 12.0 Å². The van der Waals surface area contributed by atoms with Crippen LogP contribution in [-0.2, 0) is 14.3 Å². The molecule has 1 atom stereocenters. The Morgan fingerprint density at radius 1 is 1.52 bits per heavy atom. The van der Waals surface area contributed by atoms with E-state index in [1.165, 1.54) is 14.0 Å². The molecule has 0 aromatic heterocycles. The Hall–Kier alpha value is -1.79. The van der Waals surface area contributed by atoms with Gasteiger partial charge in [0.05, 0.1) is 7.11 Å². The van der Waals surface area contributed by atoms with Crippen LogP contribution in [0.5, 0.6) is 0 Å². The molecule has 1 heterocycles. The molecule has 0 unspecified atom stereocenters. The number of nitrogens with zero attached hydrogens (tertiary/aromatic N) is 4. The predicted octanol–water partition coefficient (Wildman–Crippen LogP) is 1.22. The van der Waals surface area contributed by atoms with Crippen LogP contribution in [-0.4, -0.2) is 54.1 Å². The molecule has 0 aliphatic carbocycles. The standard InChI is InChI=1S/C13H23N5O3/c1-6-12(3,4)18-7-13(8-18,16-17-14)11(20)15-9(2)10(19)21-5/h9H,6-8H2,1-5H3,(H,15,20)/t9-/m0/s1. The number of amides is 1. The van der Waals surface area contributed by atoms with Gasteiger partial charge < -0.3 is 10.1 Å². The van der Waals surface area contributed by atoms with Crippen molar-refractivity contribution in [3.63, 3.8) is 0 Å². The normalized spacial score (nSPS) is 18.9. The predicted molar refractivity (Wildman–Crippen MR) is 77.4 cm³/mol. The fourth-order valence-electron chi connectivity index (χ4n) is 2.14. The monoisotopic (exact) mass is 297 g/mol. The fourth-order valence-corrected chi connectivity index (χ4v) is 2.14. The highest BCUT2D eigenvalue weighted by atomic mass is 16.5. The van der Waals surface area contributed by atoms with Crippen molar-refractivity contribution in [1.82, 2.24) is 10.2 Å². The first kappa shape index (κ1) is 17.3. The second-order valence-electron chi connectivity index (χ2n) is 5.96. The number of hydrogen-bond acceptors (Lipinski definition) is 5. The maximum absolute atomic E-state index is 12.3. The second kappa shape index (κ2) is 6.32. The zero-order valence-electron chi connectivity index (χ0n) is 13.2. The zero-order chi connectivity index (χ0) is 16.3. The molecule has 0 aromatic rings. The summed E-state index contributed by atoms with van der Waals surface area (Å²) < 4.78 is 4.56. The van der Waals surface area contributed by atoms with Crippen LogP contribution in [0.1, 0.15) is 34.1 Å². The average Bonchev–Trinajstić information content (AvgIpc) is 2.40. The molecular formula is C13H23N5O3. The van der Waals surface area contributed by atoms with Crippen molar-refractivity contribution < 1.29 is 14.3 Å². The van der Waals surface area contributed by atoms with Gasteiger partial charge in [-0.25, -0.2) is 4.79 Å². The minimum Gasteiger partial charge on any atom is -0.467 e. The number of methoxy groups -OCH3 is 1. The first-order valence-corrected chi connectivity index (χ1v) is 6.92. The van der Waals surface area contributed by atoms with E-state index in [9.17, 15) is 9.59 Å². The summed E-state index contributed by atoms with van der Waals surface area (Å²) in [5.41, 5.74) is 7.50. The van der Waals surface area contributed by atoms with Crippen molar-refractivity contribution in [2.75, 3.05) is 20.2 Å². The van der Waals surface area contributed by atoms with Gasteiger partial charge in [0.25, 0.3) is 0 Å². The lowest BCUT2D eigenvalue weighted by Crippen LogP contribution is -2.72. The number of likely N-dealkylation sites (tertiary alicyclic amines) is 1. The lowest BCUT2D eigenvalue weighted by Gasteiger charge is -2.53. The van der Waals surface area contributed by atoms with Gasteiger partial charge in [0.15, 0.2) is 5.54 Å². The maximum Gasteiger partial charge on any atom is 0.328 e. The van der Waals surface area contributed by atoms with Crippen LogP contribution < -0.4 is 5.32 Å². The molecule has 1 rings (SSSR count). The summed E-state index contributed by atoms with van der Waals surface area (Å²) in [6.07, 6.45) is 0.916. The average molecular weight is 297 g/mol. The smallest absolute Gasteiger partial charge is 0.328 e. The number of azide groups is 1. The van der Waals surface area contributed by atoms with Gasteiger partial charge in [-0.05, 0) is 32.7 Å². The number of carbonyl (C=O) groups is 2. The summed E-state index contributed by atoms with van der Waals surface area (Å²) in [6.45, 7) is 8.42. The Labute approximate surface area is 124 Å². The SMILES string of the molecule is CCC(C)(C)N1CC(N=[N+]=[N-])(C(=O)N[C@@H](C)C(=O)OC)C1. The molecule has 21 heavy (non-hydrogen) atoms. The molecule has 8 nitrogen and oxygen atoms in total. The van der Waals surface area contributed by atoms with E-state index >= 15 is 0 Å². The molecule has 0 spiro atoms. The molecule has 1 aliphatic heterocycles. The third kappa shape index (κ3) is 3.46. The van der Waals surface area contributed by atoms with E-state index < -0.39 is 23.5 Å². The molecule has 8 heteroatoms.